The van der Waals surface area contributed by atoms with Gasteiger partial charge in [0.25, 0.3) is 0 Å². The van der Waals surface area contributed by atoms with Crippen LogP contribution in [0, 0.1) is 0 Å². The first-order chi connectivity index (χ1) is 10.2. The molecular formula is C17H25NOS2. The molecule has 1 aromatic heterocycles. The minimum Gasteiger partial charge on any atom is -0.389 e. The van der Waals surface area contributed by atoms with Crippen LogP contribution in [0.1, 0.15) is 52.4 Å². The molecule has 1 heterocycles. The first-order valence-corrected chi connectivity index (χ1v) is 9.68. The van der Waals surface area contributed by atoms with Crippen LogP contribution in [0.3, 0.4) is 0 Å². The van der Waals surface area contributed by atoms with Crippen molar-refractivity contribution < 1.29 is 5.11 Å². The monoisotopic (exact) mass is 323 g/mol. The van der Waals surface area contributed by atoms with Crippen molar-refractivity contribution in [3.8, 4) is 0 Å². The zero-order valence-corrected chi connectivity index (χ0v) is 14.6. The molecule has 0 radical (unpaired) electrons. The van der Waals surface area contributed by atoms with Gasteiger partial charge in [0.2, 0.25) is 0 Å². The maximum absolute atomic E-state index is 10.9. The summed E-state index contributed by atoms with van der Waals surface area (Å²) in [5.74, 6) is 0.757. The fourth-order valence-electron chi connectivity index (χ4n) is 2.39. The van der Waals surface area contributed by atoms with Crippen LogP contribution in [0.15, 0.2) is 28.6 Å². The molecule has 0 aliphatic rings. The van der Waals surface area contributed by atoms with E-state index in [0.717, 1.165) is 54.1 Å². The second-order valence-electron chi connectivity index (χ2n) is 5.67. The Morgan fingerprint density at radius 2 is 1.81 bits per heavy atom. The highest BCUT2D eigenvalue weighted by molar-refractivity contribution is 8.01. The molecule has 1 aromatic carbocycles. The third kappa shape index (κ3) is 4.97. The number of thiazole rings is 1. The van der Waals surface area contributed by atoms with Crippen LogP contribution in [0.4, 0.5) is 0 Å². The Morgan fingerprint density at radius 1 is 1.14 bits per heavy atom. The second-order valence-corrected chi connectivity index (χ2v) is 7.92. The minimum atomic E-state index is -0.533. The Bertz CT molecular complexity index is 511. The fourth-order valence-corrected chi connectivity index (χ4v) is 4.61. The highest BCUT2D eigenvalue weighted by Gasteiger charge is 2.26. The van der Waals surface area contributed by atoms with Gasteiger partial charge in [0.05, 0.1) is 15.8 Å². The van der Waals surface area contributed by atoms with E-state index in [2.05, 4.69) is 31.0 Å². The van der Waals surface area contributed by atoms with Crippen molar-refractivity contribution in [2.75, 3.05) is 5.75 Å². The van der Waals surface area contributed by atoms with Crippen molar-refractivity contribution in [3.05, 3.63) is 24.3 Å². The molecule has 2 nitrogen and oxygen atoms in total. The van der Waals surface area contributed by atoms with Gasteiger partial charge in [-0.2, -0.15) is 0 Å². The van der Waals surface area contributed by atoms with E-state index in [1.54, 1.807) is 23.1 Å². The molecular weight excluding hydrogens is 298 g/mol. The lowest BCUT2D eigenvalue weighted by molar-refractivity contribution is 0.0425. The number of fused-ring (bicyclic) bond motifs is 1. The highest BCUT2D eigenvalue weighted by atomic mass is 32.2. The maximum Gasteiger partial charge on any atom is 0.151 e. The SMILES string of the molecule is CCCCC(O)(CCCC)CSc1nc2ccccc2s1. The van der Waals surface area contributed by atoms with Crippen molar-refractivity contribution in [2.24, 2.45) is 0 Å². The topological polar surface area (TPSA) is 33.1 Å². The van der Waals surface area contributed by atoms with Crippen LogP contribution < -0.4 is 0 Å². The molecule has 21 heavy (non-hydrogen) atoms. The number of aromatic nitrogens is 1. The van der Waals surface area contributed by atoms with E-state index in [1.807, 2.05) is 12.1 Å². The molecule has 0 saturated heterocycles. The third-order valence-corrected chi connectivity index (χ3v) is 6.18. The first-order valence-electron chi connectivity index (χ1n) is 7.87. The van der Waals surface area contributed by atoms with Gasteiger partial charge in [0.1, 0.15) is 0 Å². The van der Waals surface area contributed by atoms with Crippen LogP contribution >= 0.6 is 23.1 Å². The van der Waals surface area contributed by atoms with E-state index in [4.69, 9.17) is 0 Å². The summed E-state index contributed by atoms with van der Waals surface area (Å²) in [6, 6.07) is 8.23. The minimum absolute atomic E-state index is 0.533. The van der Waals surface area contributed by atoms with Gasteiger partial charge in [-0.1, -0.05) is 63.4 Å². The van der Waals surface area contributed by atoms with E-state index < -0.39 is 5.60 Å². The summed E-state index contributed by atoms with van der Waals surface area (Å²) in [4.78, 5) is 4.65. The molecule has 116 valence electrons. The van der Waals surface area contributed by atoms with Crippen molar-refractivity contribution in [1.82, 2.24) is 4.98 Å². The Morgan fingerprint density at radius 3 is 2.43 bits per heavy atom. The number of unbranched alkanes of at least 4 members (excludes halogenated alkanes) is 2. The van der Waals surface area contributed by atoms with Gasteiger partial charge in [-0.25, -0.2) is 4.98 Å². The van der Waals surface area contributed by atoms with Crippen molar-refractivity contribution >= 4 is 33.3 Å². The Balaban J connectivity index is 1.99. The molecule has 0 unspecified atom stereocenters. The summed E-state index contributed by atoms with van der Waals surface area (Å²) in [6.07, 6.45) is 6.28. The molecule has 0 amide bonds. The molecule has 1 N–H and O–H groups in total. The smallest absolute Gasteiger partial charge is 0.151 e. The largest absolute Gasteiger partial charge is 0.389 e. The molecule has 0 fully saturated rings. The number of aliphatic hydroxyl groups is 1. The van der Waals surface area contributed by atoms with E-state index in [0.29, 0.717) is 0 Å². The van der Waals surface area contributed by atoms with E-state index in [1.165, 1.54) is 4.70 Å². The van der Waals surface area contributed by atoms with Gasteiger partial charge in [-0.3, -0.25) is 0 Å². The number of hydrogen-bond acceptors (Lipinski definition) is 4. The Hall–Kier alpha value is -0.580. The summed E-state index contributed by atoms with van der Waals surface area (Å²) in [6.45, 7) is 4.36. The van der Waals surface area contributed by atoms with Crippen LogP contribution in [0.2, 0.25) is 0 Å². The summed E-state index contributed by atoms with van der Waals surface area (Å²) < 4.78 is 2.30. The Labute approximate surface area is 136 Å². The molecule has 2 rings (SSSR count). The fraction of sp³-hybridized carbons (Fsp3) is 0.588. The first kappa shape index (κ1) is 16.8. The molecule has 0 atom stereocenters. The molecule has 0 aliphatic heterocycles. The summed E-state index contributed by atoms with van der Waals surface area (Å²) in [5.41, 5.74) is 0.532. The lowest BCUT2D eigenvalue weighted by Crippen LogP contribution is -2.31. The quantitative estimate of drug-likeness (QED) is 0.619. The maximum atomic E-state index is 10.9. The second kappa shape index (κ2) is 8.16. The normalized spacial score (nSPS) is 12.1. The van der Waals surface area contributed by atoms with Gasteiger partial charge < -0.3 is 5.11 Å². The van der Waals surface area contributed by atoms with Gasteiger partial charge in [-0.15, -0.1) is 11.3 Å². The van der Waals surface area contributed by atoms with Crippen LogP contribution in [-0.4, -0.2) is 21.4 Å². The summed E-state index contributed by atoms with van der Waals surface area (Å²) in [7, 11) is 0. The number of benzene rings is 1. The van der Waals surface area contributed by atoms with E-state index in [9.17, 15) is 5.11 Å². The number of para-hydroxylation sites is 1. The molecule has 4 heteroatoms. The molecule has 0 spiro atoms. The zero-order valence-electron chi connectivity index (χ0n) is 13.0. The average molecular weight is 324 g/mol. The van der Waals surface area contributed by atoms with Crippen molar-refractivity contribution in [2.45, 2.75) is 62.3 Å². The molecule has 0 aliphatic carbocycles. The van der Waals surface area contributed by atoms with Gasteiger partial charge in [0.15, 0.2) is 4.34 Å². The lowest BCUT2D eigenvalue weighted by Gasteiger charge is -2.27. The lowest BCUT2D eigenvalue weighted by atomic mass is 9.93. The molecule has 0 saturated carbocycles. The van der Waals surface area contributed by atoms with Gasteiger partial charge in [-0.05, 0) is 25.0 Å². The van der Waals surface area contributed by atoms with E-state index >= 15 is 0 Å². The predicted molar refractivity (Wildman–Crippen MR) is 94.3 cm³/mol. The van der Waals surface area contributed by atoms with Crippen LogP contribution in [-0.2, 0) is 0 Å². The van der Waals surface area contributed by atoms with Crippen LogP contribution in [0.5, 0.6) is 0 Å². The van der Waals surface area contributed by atoms with Crippen LogP contribution in [0.25, 0.3) is 10.2 Å². The number of thioether (sulfide) groups is 1. The van der Waals surface area contributed by atoms with Gasteiger partial charge >= 0.3 is 0 Å². The van der Waals surface area contributed by atoms with E-state index in [-0.39, 0.29) is 0 Å². The molecule has 0 bridgehead atoms. The third-order valence-electron chi connectivity index (χ3n) is 3.73. The number of hydrogen-bond donors (Lipinski definition) is 1. The van der Waals surface area contributed by atoms with Gasteiger partial charge in [0, 0.05) is 5.75 Å². The zero-order chi connectivity index (χ0) is 15.1. The molecule has 2 aromatic rings. The number of rotatable bonds is 9. The predicted octanol–water partition coefficient (Wildman–Crippen LogP) is 5.50. The summed E-state index contributed by atoms with van der Waals surface area (Å²) >= 11 is 3.44. The summed E-state index contributed by atoms with van der Waals surface area (Å²) in [5, 5.41) is 10.9. The standard InChI is InChI=1S/C17H25NOS2/c1-3-5-11-17(19,12-6-4-2)13-20-16-18-14-9-7-8-10-15(14)21-16/h7-10,19H,3-6,11-13H2,1-2H3. The highest BCUT2D eigenvalue weighted by Crippen LogP contribution is 2.34. The number of nitrogens with zero attached hydrogens (tertiary/aromatic N) is 1. The van der Waals surface area contributed by atoms with Crippen molar-refractivity contribution in [3.63, 3.8) is 0 Å². The Kier molecular flexibility index (Phi) is 6.52. The van der Waals surface area contributed by atoms with Crippen molar-refractivity contribution in [1.29, 1.82) is 0 Å². The average Bonchev–Trinajstić information content (AvgIpc) is 2.92.